The Labute approximate surface area is 178 Å². The van der Waals surface area contributed by atoms with Gasteiger partial charge in [-0.3, -0.25) is 19.7 Å². The highest BCUT2D eigenvalue weighted by Crippen LogP contribution is 2.24. The number of benzene rings is 3. The number of nitrogens with one attached hydrogen (secondary N) is 2. The topological polar surface area (TPSA) is 111 Å². The number of methoxy groups -OCH3 is 1. The fourth-order valence-electron chi connectivity index (χ4n) is 2.79. The number of anilines is 2. The molecule has 156 valence electrons. The minimum atomic E-state index is -0.508. The van der Waals surface area contributed by atoms with Gasteiger partial charge in [0.1, 0.15) is 5.75 Å². The van der Waals surface area contributed by atoms with Crippen LogP contribution in [0.25, 0.3) is 6.08 Å². The highest BCUT2D eigenvalue weighted by Gasteiger charge is 2.11. The number of nitro groups is 1. The number of rotatable bonds is 7. The molecule has 0 fully saturated rings. The van der Waals surface area contributed by atoms with Crippen molar-refractivity contribution in [3.63, 3.8) is 0 Å². The van der Waals surface area contributed by atoms with E-state index in [1.165, 1.54) is 25.3 Å². The second-order valence-corrected chi connectivity index (χ2v) is 6.37. The first-order valence-corrected chi connectivity index (χ1v) is 9.25. The smallest absolute Gasteiger partial charge is 0.276 e. The average Bonchev–Trinajstić information content (AvgIpc) is 2.78. The van der Waals surface area contributed by atoms with Crippen LogP contribution in [-0.4, -0.2) is 23.8 Å². The van der Waals surface area contributed by atoms with Gasteiger partial charge in [-0.25, -0.2) is 0 Å². The van der Waals surface area contributed by atoms with Crippen LogP contribution in [0, 0.1) is 10.1 Å². The summed E-state index contributed by atoms with van der Waals surface area (Å²) in [7, 11) is 1.52. The van der Waals surface area contributed by atoms with Crippen LogP contribution in [0.3, 0.4) is 0 Å². The number of ether oxygens (including phenoxy) is 1. The van der Waals surface area contributed by atoms with Gasteiger partial charge in [0.25, 0.3) is 11.6 Å². The second-order valence-electron chi connectivity index (χ2n) is 6.37. The zero-order chi connectivity index (χ0) is 22.2. The number of nitrogens with zero attached hydrogens (tertiary/aromatic N) is 1. The van der Waals surface area contributed by atoms with Crippen LogP contribution in [0.5, 0.6) is 5.75 Å². The van der Waals surface area contributed by atoms with Crippen molar-refractivity contribution in [3.05, 3.63) is 100 Å². The zero-order valence-electron chi connectivity index (χ0n) is 16.6. The first kappa shape index (κ1) is 21.3. The standard InChI is InChI=1S/C23H19N3O5/c1-31-21-9-5-3-7-19(21)25-23(28)17-10-13-18(14-11-17)24-22(27)15-12-16-6-2-4-8-20(16)26(29)30/h2-15H,1H3,(H,24,27)(H,25,28)/b15-12+. The van der Waals surface area contributed by atoms with E-state index in [0.29, 0.717) is 28.3 Å². The molecule has 0 bridgehead atoms. The van der Waals surface area contributed by atoms with Crippen LogP contribution in [-0.2, 0) is 4.79 Å². The predicted octanol–water partition coefficient (Wildman–Crippen LogP) is 4.51. The SMILES string of the molecule is COc1ccccc1NC(=O)c1ccc(NC(=O)/C=C/c2ccccc2[N+](=O)[O-])cc1. The number of carbonyl (C=O) groups excluding carboxylic acids is 2. The van der Waals surface area contributed by atoms with Crippen molar-refractivity contribution in [2.75, 3.05) is 17.7 Å². The van der Waals surface area contributed by atoms with Gasteiger partial charge in [-0.2, -0.15) is 0 Å². The second kappa shape index (κ2) is 9.84. The van der Waals surface area contributed by atoms with E-state index in [0.717, 1.165) is 0 Å². The lowest BCUT2D eigenvalue weighted by Gasteiger charge is -2.10. The monoisotopic (exact) mass is 417 g/mol. The van der Waals surface area contributed by atoms with Gasteiger partial charge in [0.05, 0.1) is 23.3 Å². The summed E-state index contributed by atoms with van der Waals surface area (Å²) in [5.41, 5.74) is 1.67. The van der Waals surface area contributed by atoms with Crippen molar-refractivity contribution in [2.45, 2.75) is 0 Å². The summed E-state index contributed by atoms with van der Waals surface area (Å²) in [6.07, 6.45) is 2.59. The molecule has 31 heavy (non-hydrogen) atoms. The molecule has 8 nitrogen and oxygen atoms in total. The molecule has 0 saturated carbocycles. The Morgan fingerprint density at radius 3 is 2.32 bits per heavy atom. The third-order valence-electron chi connectivity index (χ3n) is 4.32. The van der Waals surface area contributed by atoms with E-state index in [2.05, 4.69) is 10.6 Å². The van der Waals surface area contributed by atoms with Gasteiger partial charge in [0, 0.05) is 23.4 Å². The van der Waals surface area contributed by atoms with Crippen molar-refractivity contribution in [1.29, 1.82) is 0 Å². The maximum absolute atomic E-state index is 12.4. The van der Waals surface area contributed by atoms with Gasteiger partial charge in [0.15, 0.2) is 0 Å². The summed E-state index contributed by atoms with van der Waals surface area (Å²) in [6, 6.07) is 19.5. The van der Waals surface area contributed by atoms with E-state index in [1.807, 2.05) is 0 Å². The Bertz CT molecular complexity index is 1140. The molecule has 0 spiro atoms. The van der Waals surface area contributed by atoms with Crippen LogP contribution < -0.4 is 15.4 Å². The van der Waals surface area contributed by atoms with Crippen molar-refractivity contribution < 1.29 is 19.2 Å². The van der Waals surface area contributed by atoms with Crippen LogP contribution in [0.2, 0.25) is 0 Å². The fraction of sp³-hybridized carbons (Fsp3) is 0.0435. The maximum Gasteiger partial charge on any atom is 0.276 e. The average molecular weight is 417 g/mol. The molecular weight excluding hydrogens is 398 g/mol. The molecule has 0 unspecified atom stereocenters. The Kier molecular flexibility index (Phi) is 6.74. The molecule has 2 amide bonds. The number of para-hydroxylation sites is 3. The zero-order valence-corrected chi connectivity index (χ0v) is 16.6. The van der Waals surface area contributed by atoms with Gasteiger partial charge < -0.3 is 15.4 Å². The van der Waals surface area contributed by atoms with Crippen molar-refractivity contribution in [3.8, 4) is 5.75 Å². The first-order chi connectivity index (χ1) is 15.0. The van der Waals surface area contributed by atoms with E-state index in [-0.39, 0.29) is 11.6 Å². The Morgan fingerprint density at radius 2 is 1.61 bits per heavy atom. The van der Waals surface area contributed by atoms with Gasteiger partial charge >= 0.3 is 0 Å². The van der Waals surface area contributed by atoms with Crippen LogP contribution in [0.15, 0.2) is 78.9 Å². The molecule has 0 aliphatic heterocycles. The maximum atomic E-state index is 12.4. The highest BCUT2D eigenvalue weighted by atomic mass is 16.6. The van der Waals surface area contributed by atoms with Gasteiger partial charge in [-0.05, 0) is 48.5 Å². The molecule has 3 aromatic rings. The van der Waals surface area contributed by atoms with Crippen molar-refractivity contribution in [1.82, 2.24) is 0 Å². The Morgan fingerprint density at radius 1 is 0.935 bits per heavy atom. The fourth-order valence-corrected chi connectivity index (χ4v) is 2.79. The van der Waals surface area contributed by atoms with Crippen LogP contribution in [0.1, 0.15) is 15.9 Å². The van der Waals surface area contributed by atoms with E-state index in [1.54, 1.807) is 66.7 Å². The summed E-state index contributed by atoms with van der Waals surface area (Å²) in [4.78, 5) is 35.1. The lowest BCUT2D eigenvalue weighted by Crippen LogP contribution is -2.13. The van der Waals surface area contributed by atoms with Gasteiger partial charge in [-0.1, -0.05) is 24.3 Å². The van der Waals surface area contributed by atoms with Crippen LogP contribution in [0.4, 0.5) is 17.1 Å². The van der Waals surface area contributed by atoms with Gasteiger partial charge in [-0.15, -0.1) is 0 Å². The molecule has 0 aliphatic carbocycles. The van der Waals surface area contributed by atoms with Crippen molar-refractivity contribution in [2.24, 2.45) is 0 Å². The molecule has 0 heterocycles. The third kappa shape index (κ3) is 5.54. The van der Waals surface area contributed by atoms with E-state index in [4.69, 9.17) is 4.74 Å². The predicted molar refractivity (Wildman–Crippen MR) is 118 cm³/mol. The summed E-state index contributed by atoms with van der Waals surface area (Å²) in [5, 5.41) is 16.4. The minimum absolute atomic E-state index is 0.0861. The largest absolute Gasteiger partial charge is 0.495 e. The summed E-state index contributed by atoms with van der Waals surface area (Å²) >= 11 is 0. The molecule has 0 atom stereocenters. The summed E-state index contributed by atoms with van der Waals surface area (Å²) in [5.74, 6) is -0.229. The molecule has 3 rings (SSSR count). The van der Waals surface area contributed by atoms with E-state index in [9.17, 15) is 19.7 Å². The summed E-state index contributed by atoms with van der Waals surface area (Å²) in [6.45, 7) is 0. The molecule has 0 aromatic heterocycles. The molecule has 0 aliphatic rings. The molecule has 2 N–H and O–H groups in total. The normalized spacial score (nSPS) is 10.5. The third-order valence-corrected chi connectivity index (χ3v) is 4.32. The molecular formula is C23H19N3O5. The van der Waals surface area contributed by atoms with Crippen molar-refractivity contribution >= 4 is 35.0 Å². The molecule has 0 radical (unpaired) electrons. The van der Waals surface area contributed by atoms with Gasteiger partial charge in [0.2, 0.25) is 5.91 Å². The number of carbonyl (C=O) groups is 2. The lowest BCUT2D eigenvalue weighted by molar-refractivity contribution is -0.385. The molecule has 3 aromatic carbocycles. The first-order valence-electron chi connectivity index (χ1n) is 9.25. The number of nitro benzene ring substituents is 1. The lowest BCUT2D eigenvalue weighted by atomic mass is 10.1. The number of hydrogen-bond acceptors (Lipinski definition) is 5. The van der Waals surface area contributed by atoms with E-state index < -0.39 is 10.8 Å². The number of amides is 2. The molecule has 0 saturated heterocycles. The van der Waals surface area contributed by atoms with Crippen LogP contribution >= 0.6 is 0 Å². The quantitative estimate of drug-likeness (QED) is 0.334. The molecule has 8 heteroatoms. The minimum Gasteiger partial charge on any atom is -0.495 e. The number of hydrogen-bond donors (Lipinski definition) is 2. The highest BCUT2D eigenvalue weighted by molar-refractivity contribution is 6.06. The summed E-state index contributed by atoms with van der Waals surface area (Å²) < 4.78 is 5.21. The Balaban J connectivity index is 1.63. The Hall–Kier alpha value is -4.46. The van der Waals surface area contributed by atoms with E-state index >= 15 is 0 Å².